The number of nitrogens with one attached hydrogen (secondary N) is 1. The number of hydrogen-bond acceptors (Lipinski definition) is 2. The van der Waals surface area contributed by atoms with E-state index in [4.69, 9.17) is 4.74 Å². The Balaban J connectivity index is 2.11. The minimum Gasteiger partial charge on any atom is -0.497 e. The van der Waals surface area contributed by atoms with Crippen LogP contribution in [0.4, 0.5) is 5.69 Å². The zero-order valence-electron chi connectivity index (χ0n) is 8.47. The number of ether oxygens (including phenoxy) is 1. The molecule has 0 saturated heterocycles. The van der Waals surface area contributed by atoms with Gasteiger partial charge in [-0.15, -0.1) is 0 Å². The summed E-state index contributed by atoms with van der Waals surface area (Å²) in [5.41, 5.74) is 1.90. The average Bonchev–Trinajstić information content (AvgIpc) is 2.80. The van der Waals surface area contributed by atoms with Gasteiger partial charge < -0.3 is 9.72 Å². The number of aromatic nitrogens is 1. The SMILES string of the molecule is COc1ccc(N=Cc2ccc[nH]2)cc1. The van der Waals surface area contributed by atoms with Crippen molar-refractivity contribution in [3.63, 3.8) is 0 Å². The lowest BCUT2D eigenvalue weighted by Crippen LogP contribution is -1.81. The molecule has 15 heavy (non-hydrogen) atoms. The van der Waals surface area contributed by atoms with E-state index >= 15 is 0 Å². The second-order valence-corrected chi connectivity index (χ2v) is 3.08. The molecule has 1 N–H and O–H groups in total. The Labute approximate surface area is 88.4 Å². The fourth-order valence-corrected chi connectivity index (χ4v) is 1.24. The van der Waals surface area contributed by atoms with Gasteiger partial charge in [0.25, 0.3) is 0 Å². The number of nitrogens with zero attached hydrogens (tertiary/aromatic N) is 1. The molecule has 3 nitrogen and oxygen atoms in total. The van der Waals surface area contributed by atoms with Crippen molar-refractivity contribution in [1.82, 2.24) is 4.98 Å². The van der Waals surface area contributed by atoms with Crippen molar-refractivity contribution in [3.8, 4) is 5.75 Å². The Morgan fingerprint density at radius 2 is 2.00 bits per heavy atom. The Bertz CT molecular complexity index is 429. The lowest BCUT2D eigenvalue weighted by molar-refractivity contribution is 0.415. The summed E-state index contributed by atoms with van der Waals surface area (Å²) in [4.78, 5) is 7.37. The van der Waals surface area contributed by atoms with Gasteiger partial charge in [-0.2, -0.15) is 0 Å². The number of aliphatic imine (C=N–C) groups is 1. The Kier molecular flexibility index (Phi) is 2.83. The van der Waals surface area contributed by atoms with Gasteiger partial charge in [0.1, 0.15) is 5.75 Å². The van der Waals surface area contributed by atoms with Crippen LogP contribution in [0.25, 0.3) is 0 Å². The zero-order valence-corrected chi connectivity index (χ0v) is 8.47. The van der Waals surface area contributed by atoms with E-state index in [1.165, 1.54) is 0 Å². The Morgan fingerprint density at radius 1 is 1.20 bits per heavy atom. The number of hydrogen-bond donors (Lipinski definition) is 1. The number of methoxy groups -OCH3 is 1. The van der Waals surface area contributed by atoms with Crippen LogP contribution in [-0.4, -0.2) is 18.3 Å². The molecule has 0 aliphatic heterocycles. The topological polar surface area (TPSA) is 37.4 Å². The van der Waals surface area contributed by atoms with Crippen molar-refractivity contribution in [3.05, 3.63) is 48.3 Å². The molecule has 0 radical (unpaired) electrons. The molecule has 1 aromatic heterocycles. The predicted octanol–water partition coefficient (Wildman–Crippen LogP) is 2.77. The highest BCUT2D eigenvalue weighted by Gasteiger charge is 1.91. The number of H-pyrrole nitrogens is 1. The maximum absolute atomic E-state index is 5.06. The van der Waals surface area contributed by atoms with Crippen LogP contribution in [0, 0.1) is 0 Å². The van der Waals surface area contributed by atoms with Gasteiger partial charge in [0.05, 0.1) is 24.7 Å². The molecule has 2 aromatic rings. The fourth-order valence-electron chi connectivity index (χ4n) is 1.24. The van der Waals surface area contributed by atoms with Gasteiger partial charge in [-0.25, -0.2) is 0 Å². The quantitative estimate of drug-likeness (QED) is 0.760. The van der Waals surface area contributed by atoms with Crippen LogP contribution in [0.5, 0.6) is 5.75 Å². The van der Waals surface area contributed by atoms with Crippen LogP contribution in [0.2, 0.25) is 0 Å². The van der Waals surface area contributed by atoms with Crippen LogP contribution >= 0.6 is 0 Å². The van der Waals surface area contributed by atoms with Crippen LogP contribution < -0.4 is 4.74 Å². The lowest BCUT2D eigenvalue weighted by atomic mass is 10.3. The molecule has 76 valence electrons. The normalized spacial score (nSPS) is 10.7. The molecule has 2 rings (SSSR count). The highest BCUT2D eigenvalue weighted by Crippen LogP contribution is 2.17. The van der Waals surface area contributed by atoms with Gasteiger partial charge in [-0.1, -0.05) is 0 Å². The molecule has 0 spiro atoms. The molecule has 0 bridgehead atoms. The van der Waals surface area contributed by atoms with Crippen molar-refractivity contribution in [2.24, 2.45) is 4.99 Å². The van der Waals surface area contributed by atoms with Crippen LogP contribution in [-0.2, 0) is 0 Å². The van der Waals surface area contributed by atoms with E-state index in [1.54, 1.807) is 13.3 Å². The lowest BCUT2D eigenvalue weighted by Gasteiger charge is -1.98. The van der Waals surface area contributed by atoms with Crippen LogP contribution in [0.3, 0.4) is 0 Å². The summed E-state index contributed by atoms with van der Waals surface area (Å²) in [6.07, 6.45) is 3.66. The smallest absolute Gasteiger partial charge is 0.119 e. The van der Waals surface area contributed by atoms with Gasteiger partial charge in [-0.3, -0.25) is 4.99 Å². The molecule has 0 amide bonds. The highest BCUT2D eigenvalue weighted by molar-refractivity contribution is 5.79. The summed E-state index contributed by atoms with van der Waals surface area (Å²) in [6, 6.07) is 11.5. The van der Waals surface area contributed by atoms with E-state index in [0.717, 1.165) is 17.1 Å². The monoisotopic (exact) mass is 200 g/mol. The van der Waals surface area contributed by atoms with E-state index in [9.17, 15) is 0 Å². The molecule has 0 atom stereocenters. The van der Waals surface area contributed by atoms with Crippen molar-refractivity contribution in [2.75, 3.05) is 7.11 Å². The Hall–Kier alpha value is -2.03. The van der Waals surface area contributed by atoms with Crippen molar-refractivity contribution < 1.29 is 4.74 Å². The van der Waals surface area contributed by atoms with Gasteiger partial charge >= 0.3 is 0 Å². The summed E-state index contributed by atoms with van der Waals surface area (Å²) in [7, 11) is 1.65. The van der Waals surface area contributed by atoms with Gasteiger partial charge in [-0.05, 0) is 36.4 Å². The largest absolute Gasteiger partial charge is 0.497 e. The van der Waals surface area contributed by atoms with E-state index in [-0.39, 0.29) is 0 Å². The highest BCUT2D eigenvalue weighted by atomic mass is 16.5. The standard InChI is InChI=1S/C12H12N2O/c1-15-12-6-4-10(5-7-12)14-9-11-3-2-8-13-11/h2-9,13H,1H3. The summed E-state index contributed by atoms with van der Waals surface area (Å²) >= 11 is 0. The van der Waals surface area contributed by atoms with Gasteiger partial charge in [0, 0.05) is 6.20 Å². The minimum atomic E-state index is 0.842. The summed E-state index contributed by atoms with van der Waals surface area (Å²) < 4.78 is 5.06. The minimum absolute atomic E-state index is 0.842. The average molecular weight is 200 g/mol. The molecule has 0 aliphatic rings. The van der Waals surface area contributed by atoms with Gasteiger partial charge in [0.2, 0.25) is 0 Å². The molecule has 1 heterocycles. The first-order valence-electron chi connectivity index (χ1n) is 4.70. The first kappa shape index (κ1) is 9.52. The maximum Gasteiger partial charge on any atom is 0.119 e. The summed E-state index contributed by atoms with van der Waals surface area (Å²) in [5, 5.41) is 0. The van der Waals surface area contributed by atoms with Crippen LogP contribution in [0.1, 0.15) is 5.69 Å². The zero-order chi connectivity index (χ0) is 10.5. The number of rotatable bonds is 3. The van der Waals surface area contributed by atoms with Gasteiger partial charge in [0.15, 0.2) is 0 Å². The Morgan fingerprint density at radius 3 is 2.60 bits per heavy atom. The first-order valence-corrected chi connectivity index (χ1v) is 4.70. The second-order valence-electron chi connectivity index (χ2n) is 3.08. The third-order valence-electron chi connectivity index (χ3n) is 2.05. The molecule has 0 unspecified atom stereocenters. The molecule has 1 aromatic carbocycles. The molecule has 0 aliphatic carbocycles. The third-order valence-corrected chi connectivity index (χ3v) is 2.05. The maximum atomic E-state index is 5.06. The predicted molar refractivity (Wildman–Crippen MR) is 61.0 cm³/mol. The molecule has 0 fully saturated rings. The molecular weight excluding hydrogens is 188 g/mol. The number of benzene rings is 1. The van der Waals surface area contributed by atoms with Crippen molar-refractivity contribution in [1.29, 1.82) is 0 Å². The summed E-state index contributed by atoms with van der Waals surface area (Å²) in [5.74, 6) is 0.842. The van der Waals surface area contributed by atoms with E-state index in [1.807, 2.05) is 42.6 Å². The van der Waals surface area contributed by atoms with E-state index in [0.29, 0.717) is 0 Å². The van der Waals surface area contributed by atoms with E-state index in [2.05, 4.69) is 9.98 Å². The first-order chi connectivity index (χ1) is 7.38. The fraction of sp³-hybridized carbons (Fsp3) is 0.0833. The molecule has 3 heteroatoms. The second kappa shape index (κ2) is 4.46. The van der Waals surface area contributed by atoms with Crippen LogP contribution in [0.15, 0.2) is 47.6 Å². The number of aromatic amines is 1. The van der Waals surface area contributed by atoms with Crippen molar-refractivity contribution >= 4 is 11.9 Å². The summed E-state index contributed by atoms with van der Waals surface area (Å²) in [6.45, 7) is 0. The third kappa shape index (κ3) is 2.47. The van der Waals surface area contributed by atoms with E-state index < -0.39 is 0 Å². The molecular formula is C12H12N2O. The molecule has 0 saturated carbocycles. The van der Waals surface area contributed by atoms with Crippen molar-refractivity contribution in [2.45, 2.75) is 0 Å².